The molecule has 1 aromatic rings. The van der Waals surface area contributed by atoms with Gasteiger partial charge in [-0.2, -0.15) is 0 Å². The highest BCUT2D eigenvalue weighted by Gasteiger charge is 2.28. The first kappa shape index (κ1) is 11.9. The Labute approximate surface area is 106 Å². The van der Waals surface area contributed by atoms with Crippen LogP contribution >= 0.6 is 15.9 Å². The van der Waals surface area contributed by atoms with Gasteiger partial charge in [-0.25, -0.2) is 0 Å². The van der Waals surface area contributed by atoms with E-state index >= 15 is 0 Å². The van der Waals surface area contributed by atoms with E-state index in [1.807, 2.05) is 19.1 Å². The van der Waals surface area contributed by atoms with Gasteiger partial charge in [0.25, 0.3) is 0 Å². The summed E-state index contributed by atoms with van der Waals surface area (Å²) >= 11 is 3.39. The van der Waals surface area contributed by atoms with E-state index in [-0.39, 0.29) is 12.3 Å². The van der Waals surface area contributed by atoms with Gasteiger partial charge in [0.2, 0.25) is 5.91 Å². The largest absolute Gasteiger partial charge is 0.481 e. The molecule has 2 rings (SSSR count). The molecule has 0 spiro atoms. The van der Waals surface area contributed by atoms with E-state index in [0.717, 1.165) is 15.7 Å². The van der Waals surface area contributed by atoms with Crippen molar-refractivity contribution in [2.45, 2.75) is 19.4 Å². The zero-order valence-electron chi connectivity index (χ0n) is 9.08. The number of halogens is 1. The molecule has 90 valence electrons. The Balaban J connectivity index is 2.34. The van der Waals surface area contributed by atoms with Crippen LogP contribution in [0.25, 0.3) is 0 Å². The molecule has 1 aliphatic heterocycles. The number of carboxylic acid groups (broad SMARTS) is 1. The molecule has 5 nitrogen and oxygen atoms in total. The fraction of sp³-hybridized carbons (Fsp3) is 0.273. The number of carbonyl (C=O) groups is 2. The van der Waals surface area contributed by atoms with Crippen molar-refractivity contribution < 1.29 is 14.7 Å². The van der Waals surface area contributed by atoms with Crippen molar-refractivity contribution in [2.75, 3.05) is 10.6 Å². The SMILES string of the molecule is Cc1cc(Br)c2c(c1)NC(=O)C(CC(=O)O)N2. The molecule has 1 amide bonds. The lowest BCUT2D eigenvalue weighted by atomic mass is 10.1. The van der Waals surface area contributed by atoms with E-state index in [1.54, 1.807) is 0 Å². The minimum absolute atomic E-state index is 0.244. The van der Waals surface area contributed by atoms with Gasteiger partial charge in [-0.3, -0.25) is 9.59 Å². The number of aliphatic carboxylic acids is 1. The number of aryl methyl sites for hydroxylation is 1. The van der Waals surface area contributed by atoms with Crippen LogP contribution in [-0.2, 0) is 9.59 Å². The first-order chi connectivity index (χ1) is 7.97. The Morgan fingerprint density at radius 3 is 2.88 bits per heavy atom. The number of hydrogen-bond donors (Lipinski definition) is 3. The lowest BCUT2D eigenvalue weighted by molar-refractivity contribution is -0.138. The quantitative estimate of drug-likeness (QED) is 0.780. The standard InChI is InChI=1S/C11H11BrN2O3/c1-5-2-6(12)10-7(3-5)14-11(17)8(13-10)4-9(15)16/h2-3,8,13H,4H2,1H3,(H,14,17)(H,15,16). The molecule has 1 heterocycles. The highest BCUT2D eigenvalue weighted by Crippen LogP contribution is 2.35. The number of carboxylic acids is 1. The third kappa shape index (κ3) is 2.41. The predicted molar refractivity (Wildman–Crippen MR) is 67.2 cm³/mol. The van der Waals surface area contributed by atoms with Gasteiger partial charge in [-0.15, -0.1) is 0 Å². The zero-order chi connectivity index (χ0) is 12.6. The summed E-state index contributed by atoms with van der Waals surface area (Å²) in [6.45, 7) is 1.92. The molecule has 17 heavy (non-hydrogen) atoms. The number of rotatable bonds is 2. The van der Waals surface area contributed by atoms with Crippen LogP contribution in [0.5, 0.6) is 0 Å². The highest BCUT2D eigenvalue weighted by molar-refractivity contribution is 9.10. The third-order valence-corrected chi connectivity index (χ3v) is 3.13. The third-order valence-electron chi connectivity index (χ3n) is 2.51. The molecule has 0 bridgehead atoms. The van der Waals surface area contributed by atoms with Gasteiger partial charge in [0.05, 0.1) is 17.8 Å². The normalized spacial score (nSPS) is 18.0. The zero-order valence-corrected chi connectivity index (χ0v) is 10.7. The number of hydrogen-bond acceptors (Lipinski definition) is 3. The molecule has 1 atom stereocenters. The van der Waals surface area contributed by atoms with Gasteiger partial charge < -0.3 is 15.7 Å². The lowest BCUT2D eigenvalue weighted by Crippen LogP contribution is -2.40. The number of carbonyl (C=O) groups excluding carboxylic acids is 1. The fourth-order valence-corrected chi connectivity index (χ4v) is 2.45. The van der Waals surface area contributed by atoms with Crippen molar-refractivity contribution >= 4 is 39.2 Å². The van der Waals surface area contributed by atoms with Gasteiger partial charge in [0.15, 0.2) is 0 Å². The molecule has 0 aromatic heterocycles. The number of amides is 1. The Morgan fingerprint density at radius 1 is 1.53 bits per heavy atom. The summed E-state index contributed by atoms with van der Waals surface area (Å²) in [6.07, 6.45) is -0.244. The van der Waals surface area contributed by atoms with Crippen LogP contribution in [0.1, 0.15) is 12.0 Å². The van der Waals surface area contributed by atoms with E-state index < -0.39 is 12.0 Å². The Hall–Kier alpha value is -1.56. The number of benzene rings is 1. The topological polar surface area (TPSA) is 78.4 Å². The summed E-state index contributed by atoms with van der Waals surface area (Å²) in [5.74, 6) is -1.33. The van der Waals surface area contributed by atoms with E-state index in [0.29, 0.717) is 5.69 Å². The summed E-state index contributed by atoms with van der Waals surface area (Å²) in [5, 5.41) is 14.3. The maximum absolute atomic E-state index is 11.7. The first-order valence-corrected chi connectivity index (χ1v) is 5.86. The smallest absolute Gasteiger partial charge is 0.305 e. The average molecular weight is 299 g/mol. The molecular formula is C11H11BrN2O3. The van der Waals surface area contributed by atoms with Gasteiger partial charge in [-0.1, -0.05) is 0 Å². The van der Waals surface area contributed by atoms with Gasteiger partial charge in [0, 0.05) is 4.47 Å². The molecular weight excluding hydrogens is 288 g/mol. The molecule has 0 saturated carbocycles. The molecule has 0 radical (unpaired) electrons. The van der Waals surface area contributed by atoms with Crippen LogP contribution in [0.15, 0.2) is 16.6 Å². The minimum atomic E-state index is -1.01. The van der Waals surface area contributed by atoms with E-state index in [9.17, 15) is 9.59 Å². The highest BCUT2D eigenvalue weighted by atomic mass is 79.9. The van der Waals surface area contributed by atoms with Crippen molar-refractivity contribution in [3.63, 3.8) is 0 Å². The molecule has 0 fully saturated rings. The Morgan fingerprint density at radius 2 is 2.24 bits per heavy atom. The van der Waals surface area contributed by atoms with Gasteiger partial charge in [0.1, 0.15) is 6.04 Å². The first-order valence-electron chi connectivity index (χ1n) is 5.06. The van der Waals surface area contributed by atoms with Crippen molar-refractivity contribution in [1.82, 2.24) is 0 Å². The van der Waals surface area contributed by atoms with Crippen LogP contribution in [-0.4, -0.2) is 23.0 Å². The fourth-order valence-electron chi connectivity index (χ4n) is 1.77. The molecule has 6 heteroatoms. The summed E-state index contributed by atoms with van der Waals surface area (Å²) in [6, 6.07) is 3.00. The maximum Gasteiger partial charge on any atom is 0.305 e. The van der Waals surface area contributed by atoms with Crippen LogP contribution in [0.3, 0.4) is 0 Å². The van der Waals surface area contributed by atoms with E-state index in [2.05, 4.69) is 26.6 Å². The molecule has 1 aliphatic rings. The number of nitrogens with one attached hydrogen (secondary N) is 2. The number of anilines is 2. The maximum atomic E-state index is 11.7. The van der Waals surface area contributed by atoms with Crippen molar-refractivity contribution in [3.05, 3.63) is 22.2 Å². The monoisotopic (exact) mass is 298 g/mol. The number of fused-ring (bicyclic) bond motifs is 1. The molecule has 0 saturated heterocycles. The molecule has 1 unspecified atom stereocenters. The predicted octanol–water partition coefficient (Wildman–Crippen LogP) is 1.96. The van der Waals surface area contributed by atoms with Gasteiger partial charge in [-0.05, 0) is 40.5 Å². The van der Waals surface area contributed by atoms with Crippen molar-refractivity contribution in [3.8, 4) is 0 Å². The molecule has 0 aliphatic carbocycles. The lowest BCUT2D eigenvalue weighted by Gasteiger charge is -2.27. The Bertz CT molecular complexity index is 502. The Kier molecular flexibility index (Phi) is 3.06. The van der Waals surface area contributed by atoms with Crippen LogP contribution in [0.4, 0.5) is 11.4 Å². The molecule has 3 N–H and O–H groups in total. The second kappa shape index (κ2) is 4.37. The summed E-state index contributed by atoms with van der Waals surface area (Å²) in [7, 11) is 0. The minimum Gasteiger partial charge on any atom is -0.481 e. The summed E-state index contributed by atoms with van der Waals surface area (Å²) in [4.78, 5) is 22.3. The van der Waals surface area contributed by atoms with E-state index in [1.165, 1.54) is 0 Å². The van der Waals surface area contributed by atoms with Gasteiger partial charge >= 0.3 is 5.97 Å². The summed E-state index contributed by atoms with van der Waals surface area (Å²) in [5.41, 5.74) is 2.40. The van der Waals surface area contributed by atoms with Crippen LogP contribution in [0, 0.1) is 6.92 Å². The average Bonchev–Trinajstić information content (AvgIpc) is 2.19. The van der Waals surface area contributed by atoms with E-state index in [4.69, 9.17) is 5.11 Å². The second-order valence-electron chi connectivity index (χ2n) is 3.95. The van der Waals surface area contributed by atoms with Crippen molar-refractivity contribution in [1.29, 1.82) is 0 Å². The van der Waals surface area contributed by atoms with Crippen LogP contribution in [0.2, 0.25) is 0 Å². The van der Waals surface area contributed by atoms with Crippen molar-refractivity contribution in [2.24, 2.45) is 0 Å². The van der Waals surface area contributed by atoms with Crippen LogP contribution < -0.4 is 10.6 Å². The second-order valence-corrected chi connectivity index (χ2v) is 4.81. The molecule has 1 aromatic carbocycles. The summed E-state index contributed by atoms with van der Waals surface area (Å²) < 4.78 is 0.808.